The van der Waals surface area contributed by atoms with E-state index in [1.54, 1.807) is 16.4 Å². The van der Waals surface area contributed by atoms with Gasteiger partial charge in [-0.2, -0.15) is 4.31 Å². The van der Waals surface area contributed by atoms with Crippen molar-refractivity contribution in [2.75, 3.05) is 13.1 Å². The standard InChI is InChI=1S/C22H24N2O2S/c1-3-17-8-10-19(11-9-17)27(25,26)24-14-12-18(13-15-24)21-16-23(2)22-7-5-4-6-20(21)22/h4-12,16H,3,13-15H2,1-2H3. The zero-order chi connectivity index (χ0) is 19.0. The highest BCUT2D eigenvalue weighted by molar-refractivity contribution is 7.89. The Morgan fingerprint density at radius 3 is 2.44 bits per heavy atom. The lowest BCUT2D eigenvalue weighted by atomic mass is 10.00. The molecule has 0 spiro atoms. The number of benzene rings is 2. The second-order valence-electron chi connectivity index (χ2n) is 7.01. The Morgan fingerprint density at radius 1 is 1.04 bits per heavy atom. The molecule has 0 amide bonds. The molecule has 0 atom stereocenters. The molecular weight excluding hydrogens is 356 g/mol. The fourth-order valence-electron chi connectivity index (χ4n) is 3.76. The van der Waals surface area contributed by atoms with E-state index >= 15 is 0 Å². The molecule has 4 nitrogen and oxygen atoms in total. The molecule has 0 unspecified atom stereocenters. The van der Waals surface area contributed by atoms with Crippen molar-refractivity contribution in [3.05, 3.63) is 71.9 Å². The third-order valence-corrected chi connectivity index (χ3v) is 7.26. The average Bonchev–Trinajstić information content (AvgIpc) is 3.05. The van der Waals surface area contributed by atoms with E-state index in [9.17, 15) is 8.42 Å². The molecule has 1 aromatic heterocycles. The Labute approximate surface area is 160 Å². The van der Waals surface area contributed by atoms with Crippen LogP contribution in [0.1, 0.15) is 24.5 Å². The minimum atomic E-state index is -3.45. The first-order valence-electron chi connectivity index (χ1n) is 9.33. The first-order valence-corrected chi connectivity index (χ1v) is 10.8. The Hall–Kier alpha value is -2.37. The van der Waals surface area contributed by atoms with Crippen LogP contribution < -0.4 is 0 Å². The Morgan fingerprint density at radius 2 is 1.78 bits per heavy atom. The van der Waals surface area contributed by atoms with Crippen molar-refractivity contribution in [3.8, 4) is 0 Å². The molecule has 1 aliphatic rings. The van der Waals surface area contributed by atoms with Crippen molar-refractivity contribution < 1.29 is 8.42 Å². The van der Waals surface area contributed by atoms with E-state index in [0.717, 1.165) is 18.4 Å². The van der Waals surface area contributed by atoms with Gasteiger partial charge < -0.3 is 4.57 Å². The normalized spacial score (nSPS) is 15.9. The van der Waals surface area contributed by atoms with Gasteiger partial charge in [0.2, 0.25) is 10.0 Å². The number of nitrogens with zero attached hydrogens (tertiary/aromatic N) is 2. The van der Waals surface area contributed by atoms with Gasteiger partial charge >= 0.3 is 0 Å². The molecule has 2 heterocycles. The van der Waals surface area contributed by atoms with Gasteiger partial charge in [-0.25, -0.2) is 8.42 Å². The average molecular weight is 381 g/mol. The SMILES string of the molecule is CCc1ccc(S(=O)(=O)N2CC=C(c3cn(C)c4ccccc34)CC2)cc1. The Kier molecular flexibility index (Phi) is 4.66. The van der Waals surface area contributed by atoms with Crippen molar-refractivity contribution >= 4 is 26.5 Å². The predicted octanol–water partition coefficient (Wildman–Crippen LogP) is 4.22. The van der Waals surface area contributed by atoms with Crippen molar-refractivity contribution in [2.45, 2.75) is 24.7 Å². The van der Waals surface area contributed by atoms with Gasteiger partial charge in [-0.15, -0.1) is 0 Å². The molecule has 4 rings (SSSR count). The van der Waals surface area contributed by atoms with E-state index < -0.39 is 10.0 Å². The highest BCUT2D eigenvalue weighted by atomic mass is 32.2. The fraction of sp³-hybridized carbons (Fsp3) is 0.273. The van der Waals surface area contributed by atoms with Gasteiger partial charge in [0.05, 0.1) is 4.90 Å². The van der Waals surface area contributed by atoms with Crippen LogP contribution in [0.3, 0.4) is 0 Å². The first kappa shape index (κ1) is 18.0. The molecule has 0 N–H and O–H groups in total. The van der Waals surface area contributed by atoms with Gasteiger partial charge in [0.15, 0.2) is 0 Å². The van der Waals surface area contributed by atoms with Crippen LogP contribution in [0.15, 0.2) is 65.7 Å². The molecule has 140 valence electrons. The van der Waals surface area contributed by atoms with Crippen LogP contribution in [-0.2, 0) is 23.5 Å². The lowest BCUT2D eigenvalue weighted by molar-refractivity contribution is 0.441. The summed E-state index contributed by atoms with van der Waals surface area (Å²) in [4.78, 5) is 0.377. The number of sulfonamides is 1. The Bertz CT molecular complexity index is 1110. The third-order valence-electron chi connectivity index (χ3n) is 5.38. The van der Waals surface area contributed by atoms with Crippen molar-refractivity contribution in [1.29, 1.82) is 0 Å². The van der Waals surface area contributed by atoms with Gasteiger partial charge in [-0.1, -0.05) is 43.3 Å². The summed E-state index contributed by atoms with van der Waals surface area (Å²) < 4.78 is 29.6. The molecule has 0 aliphatic carbocycles. The summed E-state index contributed by atoms with van der Waals surface area (Å²) in [5.41, 5.74) is 4.77. The number of hydrogen-bond donors (Lipinski definition) is 0. The lowest BCUT2D eigenvalue weighted by Crippen LogP contribution is -2.34. The maximum Gasteiger partial charge on any atom is 0.243 e. The minimum Gasteiger partial charge on any atom is -0.350 e. The van der Waals surface area contributed by atoms with E-state index in [4.69, 9.17) is 0 Å². The zero-order valence-electron chi connectivity index (χ0n) is 15.7. The smallest absolute Gasteiger partial charge is 0.243 e. The summed E-state index contributed by atoms with van der Waals surface area (Å²) in [6, 6.07) is 15.6. The summed E-state index contributed by atoms with van der Waals surface area (Å²) in [7, 11) is -1.40. The van der Waals surface area contributed by atoms with Crippen LogP contribution in [0.25, 0.3) is 16.5 Å². The number of para-hydroxylation sites is 1. The highest BCUT2D eigenvalue weighted by Crippen LogP contribution is 2.31. The highest BCUT2D eigenvalue weighted by Gasteiger charge is 2.27. The van der Waals surface area contributed by atoms with Crippen LogP contribution in [-0.4, -0.2) is 30.4 Å². The summed E-state index contributed by atoms with van der Waals surface area (Å²) in [5.74, 6) is 0. The molecular formula is C22H24N2O2S. The second kappa shape index (κ2) is 6.98. The van der Waals surface area contributed by atoms with Gasteiger partial charge in [0.25, 0.3) is 0 Å². The maximum absolute atomic E-state index is 12.9. The molecule has 2 aromatic carbocycles. The summed E-state index contributed by atoms with van der Waals surface area (Å²) in [5, 5.41) is 1.22. The number of rotatable bonds is 4. The number of fused-ring (bicyclic) bond motifs is 1. The van der Waals surface area contributed by atoms with Gasteiger partial charge in [0.1, 0.15) is 0 Å². The molecule has 1 aliphatic heterocycles. The maximum atomic E-state index is 12.9. The number of aryl methyl sites for hydroxylation is 2. The van der Waals surface area contributed by atoms with Crippen LogP contribution in [0.4, 0.5) is 0 Å². The van der Waals surface area contributed by atoms with Crippen LogP contribution in [0.2, 0.25) is 0 Å². The van der Waals surface area contributed by atoms with Gasteiger partial charge in [-0.05, 0) is 42.2 Å². The van der Waals surface area contributed by atoms with Gasteiger partial charge in [0, 0.05) is 42.8 Å². The van der Waals surface area contributed by atoms with E-state index in [0.29, 0.717) is 18.0 Å². The van der Waals surface area contributed by atoms with Gasteiger partial charge in [-0.3, -0.25) is 0 Å². The van der Waals surface area contributed by atoms with E-state index in [1.807, 2.05) is 31.3 Å². The molecule has 5 heteroatoms. The zero-order valence-corrected chi connectivity index (χ0v) is 16.5. The molecule has 27 heavy (non-hydrogen) atoms. The van der Waals surface area contributed by atoms with Crippen LogP contribution >= 0.6 is 0 Å². The van der Waals surface area contributed by atoms with Crippen molar-refractivity contribution in [1.82, 2.24) is 8.87 Å². The molecule has 0 radical (unpaired) electrons. The molecule has 3 aromatic rings. The second-order valence-corrected chi connectivity index (χ2v) is 8.95. The molecule has 0 saturated carbocycles. The Balaban J connectivity index is 1.60. The minimum absolute atomic E-state index is 0.377. The fourth-order valence-corrected chi connectivity index (χ4v) is 5.14. The summed E-state index contributed by atoms with van der Waals surface area (Å²) >= 11 is 0. The molecule has 0 saturated heterocycles. The van der Waals surface area contributed by atoms with Crippen molar-refractivity contribution in [3.63, 3.8) is 0 Å². The number of hydrogen-bond acceptors (Lipinski definition) is 2. The van der Waals surface area contributed by atoms with Crippen LogP contribution in [0.5, 0.6) is 0 Å². The van der Waals surface area contributed by atoms with Crippen molar-refractivity contribution in [2.24, 2.45) is 7.05 Å². The van der Waals surface area contributed by atoms with E-state index in [2.05, 4.69) is 35.9 Å². The topological polar surface area (TPSA) is 42.3 Å². The quantitative estimate of drug-likeness (QED) is 0.680. The lowest BCUT2D eigenvalue weighted by Gasteiger charge is -2.26. The number of aromatic nitrogens is 1. The van der Waals surface area contributed by atoms with E-state index in [-0.39, 0.29) is 0 Å². The summed E-state index contributed by atoms with van der Waals surface area (Å²) in [6.07, 6.45) is 5.83. The monoisotopic (exact) mass is 380 g/mol. The molecule has 0 bridgehead atoms. The third kappa shape index (κ3) is 3.22. The molecule has 0 fully saturated rings. The van der Waals surface area contributed by atoms with Crippen LogP contribution in [0, 0.1) is 0 Å². The first-order chi connectivity index (χ1) is 13.0. The largest absolute Gasteiger partial charge is 0.350 e. The van der Waals surface area contributed by atoms with E-state index in [1.165, 1.54) is 22.0 Å². The predicted molar refractivity (Wildman–Crippen MR) is 110 cm³/mol. The summed E-state index contributed by atoms with van der Waals surface area (Å²) in [6.45, 7) is 2.98.